The molecule has 0 heterocycles. The van der Waals surface area contributed by atoms with E-state index in [1.165, 1.54) is 8.92 Å². The molecule has 0 bridgehead atoms. The number of hydrogen-bond acceptors (Lipinski definition) is 0. The molecule has 4 heteroatoms. The van der Waals surface area contributed by atoms with E-state index in [0.29, 0.717) is 56.2 Å². The van der Waals surface area contributed by atoms with Gasteiger partial charge in [-0.25, -0.2) is 0 Å². The third-order valence-electron chi connectivity index (χ3n) is 2.17. The van der Waals surface area contributed by atoms with Crippen molar-refractivity contribution in [2.24, 2.45) is 0 Å². The molecule has 0 aromatic heterocycles. The topological polar surface area (TPSA) is 0 Å². The molecular weight excluding hydrogens is 508 g/mol. The third-order valence-corrected chi connectivity index (χ3v) is 12.2. The van der Waals surface area contributed by atoms with Gasteiger partial charge in [0.25, 0.3) is 0 Å². The van der Waals surface area contributed by atoms with Crippen molar-refractivity contribution in [2.75, 3.05) is 0 Å². The first-order valence-corrected chi connectivity index (χ1v) is 16.0. The predicted molar refractivity (Wildman–Crippen MR) is 93.4 cm³/mol. The minimum atomic E-state index is 0.511. The molecule has 2 aromatic carbocycles. The Hall–Kier alpha value is -0.00208. The molecule has 0 nitrogen and oxygen atoms in total. The van der Waals surface area contributed by atoms with Gasteiger partial charge in [0, 0.05) is 0 Å². The van der Waals surface area contributed by atoms with Gasteiger partial charge in [0.05, 0.1) is 0 Å². The van der Waals surface area contributed by atoms with Crippen LogP contribution in [0.5, 0.6) is 0 Å². The summed E-state index contributed by atoms with van der Waals surface area (Å²) < 4.78 is 2.92. The van der Waals surface area contributed by atoms with Crippen molar-refractivity contribution in [3.63, 3.8) is 0 Å². The van der Waals surface area contributed by atoms with Crippen LogP contribution in [0, 0.1) is 0 Å². The first-order chi connectivity index (χ1) is 9.95. The van der Waals surface area contributed by atoms with Crippen molar-refractivity contribution < 1.29 is 0 Å². The van der Waals surface area contributed by atoms with Crippen LogP contribution in [-0.2, 0) is 0 Å². The molecule has 0 unspecified atom stereocenters. The van der Waals surface area contributed by atoms with Gasteiger partial charge < -0.3 is 0 Å². The van der Waals surface area contributed by atoms with Gasteiger partial charge in [0.2, 0.25) is 0 Å². The molecule has 0 aliphatic heterocycles. The van der Waals surface area contributed by atoms with Gasteiger partial charge in [-0.3, -0.25) is 0 Å². The Labute approximate surface area is 144 Å². The first-order valence-electron chi connectivity index (χ1n) is 6.01. The molecule has 2 aromatic rings. The third kappa shape index (κ3) is 7.13. The fourth-order valence-electron chi connectivity index (χ4n) is 1.32. The van der Waals surface area contributed by atoms with E-state index in [1.807, 2.05) is 0 Å². The van der Waals surface area contributed by atoms with Crippen molar-refractivity contribution >= 4 is 65.1 Å². The summed E-state index contributed by atoms with van der Waals surface area (Å²) in [4.78, 5) is 9.56. The number of hydrogen-bond donors (Lipinski definition) is 0. The molecule has 0 saturated heterocycles. The van der Waals surface area contributed by atoms with E-state index in [-0.39, 0.29) is 0 Å². The Morgan fingerprint density at radius 3 is 1.30 bits per heavy atom. The Morgan fingerprint density at radius 2 is 0.900 bits per heavy atom. The predicted octanol–water partition coefficient (Wildman–Crippen LogP) is 1.31. The zero-order chi connectivity index (χ0) is 13.9. The van der Waals surface area contributed by atoms with Crippen molar-refractivity contribution in [3.05, 3.63) is 80.6 Å². The maximum absolute atomic E-state index is 2.40. The normalized spacial score (nSPS) is 11.4. The molecule has 20 heavy (non-hydrogen) atoms. The Bertz CT molecular complexity index is 483. The number of rotatable bonds is 7. The van der Waals surface area contributed by atoms with E-state index in [2.05, 4.69) is 80.6 Å². The SMILES string of the molecule is C(=C\[Se]c1ccccc1)/[Se][Se]/C=C/[Se]c1ccccc1. The van der Waals surface area contributed by atoms with Crippen LogP contribution < -0.4 is 8.92 Å². The van der Waals surface area contributed by atoms with Crippen LogP contribution in [0.2, 0.25) is 0 Å². The van der Waals surface area contributed by atoms with Crippen LogP contribution in [-0.4, -0.2) is 56.2 Å². The van der Waals surface area contributed by atoms with E-state index < -0.39 is 0 Å². The van der Waals surface area contributed by atoms with Gasteiger partial charge in [-0.05, 0) is 0 Å². The molecule has 102 valence electrons. The van der Waals surface area contributed by atoms with Crippen LogP contribution in [0.25, 0.3) is 0 Å². The van der Waals surface area contributed by atoms with Crippen LogP contribution in [0.15, 0.2) is 80.6 Å². The second kappa shape index (κ2) is 10.7. The summed E-state index contributed by atoms with van der Waals surface area (Å²) in [6, 6.07) is 21.5. The van der Waals surface area contributed by atoms with Gasteiger partial charge in [-0.2, -0.15) is 0 Å². The van der Waals surface area contributed by atoms with E-state index >= 15 is 0 Å². The van der Waals surface area contributed by atoms with E-state index in [9.17, 15) is 0 Å². The van der Waals surface area contributed by atoms with Crippen LogP contribution in [0.1, 0.15) is 0 Å². The molecule has 0 aliphatic carbocycles. The summed E-state index contributed by atoms with van der Waals surface area (Å²) in [5, 5.41) is 0. The molecular formula is C16H14Se4. The molecule has 0 atom stereocenters. The summed E-state index contributed by atoms with van der Waals surface area (Å²) in [6.07, 6.45) is 0. The van der Waals surface area contributed by atoms with Crippen molar-refractivity contribution in [1.29, 1.82) is 0 Å². The summed E-state index contributed by atoms with van der Waals surface area (Å²) in [6.45, 7) is 0. The van der Waals surface area contributed by atoms with Gasteiger partial charge in [-0.15, -0.1) is 0 Å². The van der Waals surface area contributed by atoms with E-state index in [4.69, 9.17) is 0 Å². The minimum absolute atomic E-state index is 0.511. The fraction of sp³-hybridized carbons (Fsp3) is 0. The van der Waals surface area contributed by atoms with Crippen LogP contribution in [0.3, 0.4) is 0 Å². The zero-order valence-electron chi connectivity index (χ0n) is 10.7. The van der Waals surface area contributed by atoms with Crippen molar-refractivity contribution in [3.8, 4) is 0 Å². The zero-order valence-corrected chi connectivity index (χ0v) is 17.6. The summed E-state index contributed by atoms with van der Waals surface area (Å²) in [5.41, 5.74) is 0. The van der Waals surface area contributed by atoms with Crippen molar-refractivity contribution in [2.45, 2.75) is 0 Å². The first kappa shape index (κ1) is 16.4. The summed E-state index contributed by atoms with van der Waals surface area (Å²) in [5.74, 6) is 0. The molecule has 0 fully saturated rings. The average Bonchev–Trinajstić information content (AvgIpc) is 2.52. The standard InChI is InChI=1S/C16H14Se4/c1-3-7-15(8-4-1)17-11-13-19-20-14-12-18-16-9-5-2-6-10-16/h1-14H/b13-11+,14-12+. The van der Waals surface area contributed by atoms with E-state index in [0.717, 1.165) is 0 Å². The van der Waals surface area contributed by atoms with Crippen molar-refractivity contribution in [1.82, 2.24) is 0 Å². The van der Waals surface area contributed by atoms with Crippen LogP contribution >= 0.6 is 0 Å². The van der Waals surface area contributed by atoms with Gasteiger partial charge >= 0.3 is 146 Å². The molecule has 0 spiro atoms. The quantitative estimate of drug-likeness (QED) is 0.381. The molecule has 0 saturated carbocycles. The Morgan fingerprint density at radius 1 is 0.500 bits per heavy atom. The van der Waals surface area contributed by atoms with Gasteiger partial charge in [-0.1, -0.05) is 0 Å². The van der Waals surface area contributed by atoms with Gasteiger partial charge in [0.15, 0.2) is 0 Å². The molecule has 2 rings (SSSR count). The van der Waals surface area contributed by atoms with Gasteiger partial charge in [0.1, 0.15) is 0 Å². The second-order valence-electron chi connectivity index (χ2n) is 3.60. The molecule has 0 radical (unpaired) electrons. The summed E-state index contributed by atoms with van der Waals surface area (Å²) in [7, 11) is 0. The molecule has 0 amide bonds. The average molecular weight is 522 g/mol. The second-order valence-corrected chi connectivity index (χ2v) is 13.9. The maximum atomic E-state index is 2.40. The Kier molecular flexibility index (Phi) is 8.75. The van der Waals surface area contributed by atoms with Crippen LogP contribution in [0.4, 0.5) is 0 Å². The van der Waals surface area contributed by atoms with E-state index in [1.54, 1.807) is 0 Å². The summed E-state index contributed by atoms with van der Waals surface area (Å²) >= 11 is 2.37. The molecule has 0 aliphatic rings. The molecule has 0 N–H and O–H groups in total. The monoisotopic (exact) mass is 526 g/mol. The fourth-order valence-corrected chi connectivity index (χ4v) is 12.7. The Balaban J connectivity index is 1.59. The number of benzene rings is 2.